The summed E-state index contributed by atoms with van der Waals surface area (Å²) < 4.78 is 26.4. The average molecular weight is 347 g/mol. The highest BCUT2D eigenvalue weighted by Gasteiger charge is 2.24. The molecule has 0 radical (unpaired) electrons. The van der Waals surface area contributed by atoms with E-state index in [4.69, 9.17) is 11.6 Å². The van der Waals surface area contributed by atoms with Gasteiger partial charge in [-0.2, -0.15) is 4.31 Å². The number of sulfonamides is 1. The van der Waals surface area contributed by atoms with Gasteiger partial charge in [-0.15, -0.1) is 0 Å². The molecule has 7 heteroatoms. The van der Waals surface area contributed by atoms with Crippen molar-refractivity contribution in [3.63, 3.8) is 0 Å². The first-order valence-corrected chi connectivity index (χ1v) is 9.28. The number of anilines is 1. The second-order valence-corrected chi connectivity index (χ2v) is 7.20. The van der Waals surface area contributed by atoms with Crippen LogP contribution in [0.2, 0.25) is 5.02 Å². The fourth-order valence-electron chi connectivity index (χ4n) is 2.04. The van der Waals surface area contributed by atoms with Gasteiger partial charge in [-0.3, -0.25) is 4.79 Å². The van der Waals surface area contributed by atoms with E-state index in [0.29, 0.717) is 25.2 Å². The Morgan fingerprint density at radius 1 is 1.23 bits per heavy atom. The Balaban J connectivity index is 3.07. The van der Waals surface area contributed by atoms with Crippen molar-refractivity contribution in [2.75, 3.05) is 18.4 Å². The quantitative estimate of drug-likeness (QED) is 0.783. The lowest BCUT2D eigenvalue weighted by Gasteiger charge is -2.19. The second kappa shape index (κ2) is 8.50. The number of unbranched alkanes of at least 4 members (excludes halogenated alkanes) is 1. The van der Waals surface area contributed by atoms with Crippen LogP contribution in [0.15, 0.2) is 23.1 Å². The first-order chi connectivity index (χ1) is 10.4. The summed E-state index contributed by atoms with van der Waals surface area (Å²) in [7, 11) is -3.66. The standard InChI is InChI=1S/C15H23ClN2O3S/c1-4-7-8-15(19)17-12-9-10-13(16)14(11-12)22(20,21)18(5-2)6-3/h9-11H,4-8H2,1-3H3,(H,17,19). The topological polar surface area (TPSA) is 66.5 Å². The van der Waals surface area contributed by atoms with E-state index in [1.807, 2.05) is 6.92 Å². The fourth-order valence-corrected chi connectivity index (χ4v) is 4.00. The Labute approximate surface area is 137 Å². The molecule has 5 nitrogen and oxygen atoms in total. The molecular weight excluding hydrogens is 324 g/mol. The zero-order valence-electron chi connectivity index (χ0n) is 13.2. The van der Waals surface area contributed by atoms with Crippen LogP contribution in [0.4, 0.5) is 5.69 Å². The molecule has 1 aromatic carbocycles. The van der Waals surface area contributed by atoms with Gasteiger partial charge in [0.25, 0.3) is 0 Å². The van der Waals surface area contributed by atoms with Crippen LogP contribution in [-0.2, 0) is 14.8 Å². The van der Waals surface area contributed by atoms with Crippen LogP contribution in [0.3, 0.4) is 0 Å². The number of rotatable bonds is 8. The number of halogens is 1. The first kappa shape index (κ1) is 18.9. The third kappa shape index (κ3) is 4.69. The minimum absolute atomic E-state index is 0.0196. The Morgan fingerprint density at radius 2 is 1.86 bits per heavy atom. The van der Waals surface area contributed by atoms with Crippen molar-refractivity contribution in [2.45, 2.75) is 44.9 Å². The Kier molecular flexibility index (Phi) is 7.32. The number of hydrogen-bond donors (Lipinski definition) is 1. The molecule has 0 saturated heterocycles. The van der Waals surface area contributed by atoms with Crippen LogP contribution in [0.5, 0.6) is 0 Å². The van der Waals surface area contributed by atoms with E-state index in [-0.39, 0.29) is 15.8 Å². The molecule has 1 rings (SSSR count). The molecule has 0 aliphatic rings. The van der Waals surface area contributed by atoms with Gasteiger partial charge in [-0.05, 0) is 24.6 Å². The molecule has 1 N–H and O–H groups in total. The van der Waals surface area contributed by atoms with Crippen LogP contribution >= 0.6 is 11.6 Å². The van der Waals surface area contributed by atoms with E-state index in [0.717, 1.165) is 12.8 Å². The molecule has 0 saturated carbocycles. The van der Waals surface area contributed by atoms with Crippen molar-refractivity contribution in [3.8, 4) is 0 Å². The molecule has 0 heterocycles. The van der Waals surface area contributed by atoms with Gasteiger partial charge in [0.05, 0.1) is 5.02 Å². The molecular formula is C15H23ClN2O3S. The molecule has 0 fully saturated rings. The zero-order chi connectivity index (χ0) is 16.8. The molecule has 0 aromatic heterocycles. The summed E-state index contributed by atoms with van der Waals surface area (Å²) in [4.78, 5) is 11.8. The summed E-state index contributed by atoms with van der Waals surface area (Å²) in [5.74, 6) is -0.129. The summed E-state index contributed by atoms with van der Waals surface area (Å²) in [5, 5.41) is 2.86. The highest BCUT2D eigenvalue weighted by molar-refractivity contribution is 7.89. The van der Waals surface area contributed by atoms with Gasteiger partial charge < -0.3 is 5.32 Å². The molecule has 124 valence electrons. The van der Waals surface area contributed by atoms with Gasteiger partial charge in [0, 0.05) is 25.2 Å². The van der Waals surface area contributed by atoms with Crippen molar-refractivity contribution in [2.24, 2.45) is 0 Å². The SMILES string of the molecule is CCCCC(=O)Nc1ccc(Cl)c(S(=O)(=O)N(CC)CC)c1. The largest absolute Gasteiger partial charge is 0.326 e. The summed E-state index contributed by atoms with van der Waals surface area (Å²) in [5.41, 5.74) is 0.441. The van der Waals surface area contributed by atoms with Crippen LogP contribution in [0, 0.1) is 0 Å². The normalized spacial score (nSPS) is 11.7. The van der Waals surface area contributed by atoms with E-state index < -0.39 is 10.0 Å². The molecule has 1 aromatic rings. The van der Waals surface area contributed by atoms with E-state index in [2.05, 4.69) is 5.32 Å². The molecule has 0 spiro atoms. The smallest absolute Gasteiger partial charge is 0.244 e. The number of carbonyl (C=O) groups excluding carboxylic acids is 1. The maximum Gasteiger partial charge on any atom is 0.244 e. The van der Waals surface area contributed by atoms with Gasteiger partial charge in [-0.1, -0.05) is 38.8 Å². The van der Waals surface area contributed by atoms with Crippen LogP contribution in [-0.4, -0.2) is 31.7 Å². The number of nitrogens with one attached hydrogen (secondary N) is 1. The maximum atomic E-state index is 12.6. The lowest BCUT2D eigenvalue weighted by Crippen LogP contribution is -2.30. The molecule has 0 bridgehead atoms. The van der Waals surface area contributed by atoms with E-state index in [1.165, 1.54) is 16.4 Å². The predicted molar refractivity (Wildman–Crippen MR) is 89.7 cm³/mol. The third-order valence-corrected chi connectivity index (χ3v) is 5.83. The van der Waals surface area contributed by atoms with Gasteiger partial charge in [0.1, 0.15) is 4.90 Å². The van der Waals surface area contributed by atoms with Gasteiger partial charge in [0.15, 0.2) is 0 Å². The van der Waals surface area contributed by atoms with Crippen molar-refractivity contribution < 1.29 is 13.2 Å². The molecule has 0 atom stereocenters. The summed E-state index contributed by atoms with van der Waals surface area (Å²) in [6, 6.07) is 4.51. The Morgan fingerprint density at radius 3 is 2.41 bits per heavy atom. The summed E-state index contributed by atoms with van der Waals surface area (Å²) in [6.45, 7) is 6.27. The third-order valence-electron chi connectivity index (χ3n) is 3.30. The van der Waals surface area contributed by atoms with Crippen molar-refractivity contribution in [1.29, 1.82) is 0 Å². The van der Waals surface area contributed by atoms with E-state index >= 15 is 0 Å². The van der Waals surface area contributed by atoms with Crippen LogP contribution in [0.1, 0.15) is 40.0 Å². The number of carbonyl (C=O) groups is 1. The van der Waals surface area contributed by atoms with Crippen LogP contribution < -0.4 is 5.32 Å². The van der Waals surface area contributed by atoms with Crippen LogP contribution in [0.25, 0.3) is 0 Å². The molecule has 0 aliphatic heterocycles. The number of hydrogen-bond acceptors (Lipinski definition) is 3. The minimum atomic E-state index is -3.66. The van der Waals surface area contributed by atoms with E-state index in [9.17, 15) is 13.2 Å². The number of nitrogens with zero attached hydrogens (tertiary/aromatic N) is 1. The molecule has 0 unspecified atom stereocenters. The van der Waals surface area contributed by atoms with Crippen molar-refractivity contribution in [3.05, 3.63) is 23.2 Å². The highest BCUT2D eigenvalue weighted by atomic mass is 35.5. The first-order valence-electron chi connectivity index (χ1n) is 7.46. The van der Waals surface area contributed by atoms with E-state index in [1.54, 1.807) is 19.9 Å². The average Bonchev–Trinajstić information content (AvgIpc) is 2.48. The fraction of sp³-hybridized carbons (Fsp3) is 0.533. The van der Waals surface area contributed by atoms with Crippen molar-refractivity contribution >= 4 is 33.2 Å². The highest BCUT2D eigenvalue weighted by Crippen LogP contribution is 2.27. The number of benzene rings is 1. The lowest BCUT2D eigenvalue weighted by molar-refractivity contribution is -0.116. The number of amides is 1. The Bertz CT molecular complexity index is 613. The molecule has 22 heavy (non-hydrogen) atoms. The van der Waals surface area contributed by atoms with Crippen molar-refractivity contribution in [1.82, 2.24) is 4.31 Å². The zero-order valence-corrected chi connectivity index (χ0v) is 14.8. The maximum absolute atomic E-state index is 12.6. The second-order valence-electron chi connectivity index (χ2n) is 4.89. The molecule has 0 aliphatic carbocycles. The van der Waals surface area contributed by atoms with Gasteiger partial charge in [-0.25, -0.2) is 8.42 Å². The van der Waals surface area contributed by atoms with Gasteiger partial charge >= 0.3 is 0 Å². The Hall–Kier alpha value is -1.11. The summed E-state index contributed by atoms with van der Waals surface area (Å²) >= 11 is 6.04. The lowest BCUT2D eigenvalue weighted by atomic mass is 10.2. The minimum Gasteiger partial charge on any atom is -0.326 e. The molecule has 1 amide bonds. The monoisotopic (exact) mass is 346 g/mol. The van der Waals surface area contributed by atoms with Gasteiger partial charge in [0.2, 0.25) is 15.9 Å². The predicted octanol–water partition coefficient (Wildman–Crippen LogP) is 3.50. The summed E-state index contributed by atoms with van der Waals surface area (Å²) in [6.07, 6.45) is 2.14.